The molecule has 0 amide bonds. The molecule has 2 fully saturated rings. The fraction of sp³-hybridized carbons (Fsp3) is 1.00. The first-order valence-electron chi connectivity index (χ1n) is 7.25. The maximum atomic E-state index is 5.69. The molecule has 2 atom stereocenters. The van der Waals surface area contributed by atoms with Crippen LogP contribution in [0.2, 0.25) is 6.04 Å². The van der Waals surface area contributed by atoms with Crippen LogP contribution >= 0.6 is 0 Å². The lowest BCUT2D eigenvalue weighted by molar-refractivity contribution is 0.0256. The van der Waals surface area contributed by atoms with Gasteiger partial charge in [0.05, 0.1) is 39.6 Å². The summed E-state index contributed by atoms with van der Waals surface area (Å²) in [5.41, 5.74) is 0. The predicted molar refractivity (Wildman–Crippen MR) is 76.2 cm³/mol. The van der Waals surface area contributed by atoms with Gasteiger partial charge in [0.15, 0.2) is 0 Å². The molecule has 0 aromatic carbocycles. The van der Waals surface area contributed by atoms with Crippen molar-refractivity contribution >= 4 is 8.80 Å². The molecule has 2 rings (SSSR count). The Balaban J connectivity index is 1.75. The van der Waals surface area contributed by atoms with Crippen LogP contribution in [0.5, 0.6) is 0 Å². The molecule has 0 bridgehead atoms. The molecule has 2 saturated heterocycles. The van der Waals surface area contributed by atoms with E-state index in [9.17, 15) is 0 Å². The van der Waals surface area contributed by atoms with E-state index in [2.05, 4.69) is 0 Å². The zero-order valence-corrected chi connectivity index (χ0v) is 14.0. The highest BCUT2D eigenvalue weighted by Crippen LogP contribution is 2.21. The summed E-state index contributed by atoms with van der Waals surface area (Å²) in [6.45, 7) is 4.01. The van der Waals surface area contributed by atoms with Crippen LogP contribution in [-0.2, 0) is 32.2 Å². The average Bonchev–Trinajstić information content (AvgIpc) is 3.38. The molecule has 2 aliphatic rings. The molecule has 2 aliphatic heterocycles. The molecule has 21 heavy (non-hydrogen) atoms. The molecule has 2 unspecified atom stereocenters. The van der Waals surface area contributed by atoms with E-state index in [-0.39, 0.29) is 18.1 Å². The van der Waals surface area contributed by atoms with Crippen LogP contribution in [0.3, 0.4) is 0 Å². The lowest BCUT2D eigenvalue weighted by Gasteiger charge is -2.28. The molecule has 0 aromatic rings. The number of ether oxygens (including phenoxy) is 4. The van der Waals surface area contributed by atoms with E-state index >= 15 is 0 Å². The van der Waals surface area contributed by atoms with E-state index in [4.69, 9.17) is 32.2 Å². The Hall–Kier alpha value is -0.0631. The molecule has 0 aliphatic carbocycles. The molecular weight excluding hydrogens is 296 g/mol. The highest BCUT2D eigenvalue weighted by molar-refractivity contribution is 6.60. The van der Waals surface area contributed by atoms with Gasteiger partial charge in [0.1, 0.15) is 12.2 Å². The SMILES string of the molecule is CO[Si](CC(COCC1CO1)COCC1CO1)(OC)OC. The van der Waals surface area contributed by atoms with Crippen molar-refractivity contribution in [3.63, 3.8) is 0 Å². The van der Waals surface area contributed by atoms with Crippen molar-refractivity contribution in [2.45, 2.75) is 18.3 Å². The van der Waals surface area contributed by atoms with Crippen molar-refractivity contribution in [1.29, 1.82) is 0 Å². The Morgan fingerprint density at radius 2 is 1.33 bits per heavy atom. The standard InChI is InChI=1S/C13H26O7Si/c1-14-21(15-2,16-3)10-11(4-17-6-12-8-19-12)5-18-7-13-9-20-13/h11-13H,4-10H2,1-3H3. The third kappa shape index (κ3) is 6.29. The Morgan fingerprint density at radius 1 is 0.905 bits per heavy atom. The molecule has 0 spiro atoms. The Morgan fingerprint density at radius 3 is 1.67 bits per heavy atom. The summed E-state index contributed by atoms with van der Waals surface area (Å²) in [7, 11) is 2.23. The Kier molecular flexibility index (Phi) is 7.03. The van der Waals surface area contributed by atoms with Crippen LogP contribution in [0.15, 0.2) is 0 Å². The first-order chi connectivity index (χ1) is 10.2. The number of hydrogen-bond donors (Lipinski definition) is 0. The molecule has 8 heteroatoms. The fourth-order valence-electron chi connectivity index (χ4n) is 2.08. The van der Waals surface area contributed by atoms with Gasteiger partial charge in [-0.2, -0.15) is 0 Å². The van der Waals surface area contributed by atoms with Crippen molar-refractivity contribution in [2.75, 3.05) is 61.0 Å². The van der Waals surface area contributed by atoms with Gasteiger partial charge >= 0.3 is 8.80 Å². The van der Waals surface area contributed by atoms with Gasteiger partial charge < -0.3 is 32.2 Å². The monoisotopic (exact) mass is 322 g/mol. The van der Waals surface area contributed by atoms with Gasteiger partial charge in [0.25, 0.3) is 0 Å². The molecule has 0 saturated carbocycles. The number of rotatable bonds is 13. The van der Waals surface area contributed by atoms with Crippen molar-refractivity contribution in [1.82, 2.24) is 0 Å². The normalized spacial score (nSPS) is 25.9. The van der Waals surface area contributed by atoms with E-state index in [0.29, 0.717) is 32.5 Å². The maximum absolute atomic E-state index is 5.69. The topological polar surface area (TPSA) is 71.2 Å². The second-order valence-corrected chi connectivity index (χ2v) is 8.35. The molecule has 124 valence electrons. The second-order valence-electron chi connectivity index (χ2n) is 5.35. The highest BCUT2D eigenvalue weighted by Gasteiger charge is 2.41. The van der Waals surface area contributed by atoms with E-state index < -0.39 is 8.80 Å². The van der Waals surface area contributed by atoms with Gasteiger partial charge in [-0.3, -0.25) is 0 Å². The summed E-state index contributed by atoms with van der Waals surface area (Å²) in [6.07, 6.45) is 0.529. The lowest BCUT2D eigenvalue weighted by atomic mass is 10.2. The van der Waals surface area contributed by atoms with Gasteiger partial charge in [0, 0.05) is 33.3 Å². The maximum Gasteiger partial charge on any atom is 0.500 e. The van der Waals surface area contributed by atoms with E-state index in [0.717, 1.165) is 13.2 Å². The van der Waals surface area contributed by atoms with Crippen molar-refractivity contribution in [3.05, 3.63) is 0 Å². The molecule has 0 aromatic heterocycles. The quantitative estimate of drug-likeness (QED) is 0.357. The fourth-order valence-corrected chi connectivity index (χ4v) is 4.02. The van der Waals surface area contributed by atoms with Crippen molar-refractivity contribution in [2.24, 2.45) is 5.92 Å². The number of hydrogen-bond acceptors (Lipinski definition) is 7. The second kappa shape index (κ2) is 8.54. The Bertz CT molecular complexity index is 266. The first-order valence-corrected chi connectivity index (χ1v) is 9.18. The van der Waals surface area contributed by atoms with E-state index in [1.54, 1.807) is 21.3 Å². The molecule has 0 N–H and O–H groups in total. The molecule has 0 radical (unpaired) electrons. The van der Waals surface area contributed by atoms with Gasteiger partial charge in [-0.25, -0.2) is 0 Å². The largest absolute Gasteiger partial charge is 0.500 e. The molecule has 2 heterocycles. The smallest absolute Gasteiger partial charge is 0.378 e. The minimum Gasteiger partial charge on any atom is -0.378 e. The third-order valence-electron chi connectivity index (χ3n) is 3.59. The van der Waals surface area contributed by atoms with Gasteiger partial charge in [-0.05, 0) is 0 Å². The lowest BCUT2D eigenvalue weighted by Crippen LogP contribution is -2.45. The number of epoxide rings is 2. The summed E-state index contributed by atoms with van der Waals surface area (Å²) in [5.74, 6) is 0.161. The van der Waals surface area contributed by atoms with Crippen LogP contribution in [0, 0.1) is 5.92 Å². The summed E-state index contributed by atoms with van der Waals surface area (Å²) >= 11 is 0. The first kappa shape index (κ1) is 17.3. The predicted octanol–water partition coefficient (Wildman–Crippen LogP) is 0.312. The minimum absolute atomic E-state index is 0.161. The van der Waals surface area contributed by atoms with E-state index in [1.165, 1.54) is 0 Å². The molecular formula is C13H26O7Si. The zero-order chi connectivity index (χ0) is 15.1. The summed E-state index contributed by atoms with van der Waals surface area (Å²) in [4.78, 5) is 0. The zero-order valence-electron chi connectivity index (χ0n) is 13.0. The van der Waals surface area contributed by atoms with Crippen LogP contribution in [0.25, 0.3) is 0 Å². The highest BCUT2D eigenvalue weighted by atomic mass is 28.4. The van der Waals surface area contributed by atoms with Crippen molar-refractivity contribution < 1.29 is 32.2 Å². The van der Waals surface area contributed by atoms with Crippen LogP contribution in [0.1, 0.15) is 0 Å². The van der Waals surface area contributed by atoms with Crippen LogP contribution < -0.4 is 0 Å². The van der Waals surface area contributed by atoms with Crippen LogP contribution in [0.4, 0.5) is 0 Å². The molecule has 7 nitrogen and oxygen atoms in total. The van der Waals surface area contributed by atoms with E-state index in [1.807, 2.05) is 0 Å². The van der Waals surface area contributed by atoms with Crippen molar-refractivity contribution in [3.8, 4) is 0 Å². The minimum atomic E-state index is -2.63. The Labute approximate surface area is 127 Å². The summed E-state index contributed by atoms with van der Waals surface area (Å²) in [5, 5.41) is 0. The summed E-state index contributed by atoms with van der Waals surface area (Å²) in [6, 6.07) is 0.660. The third-order valence-corrected chi connectivity index (χ3v) is 6.53. The summed E-state index contributed by atoms with van der Waals surface area (Å²) < 4.78 is 38.1. The van der Waals surface area contributed by atoms with Crippen LogP contribution in [-0.4, -0.2) is 82.0 Å². The van der Waals surface area contributed by atoms with Gasteiger partial charge in [0.2, 0.25) is 0 Å². The van der Waals surface area contributed by atoms with Gasteiger partial charge in [-0.15, -0.1) is 0 Å². The average molecular weight is 322 g/mol. The van der Waals surface area contributed by atoms with Gasteiger partial charge in [-0.1, -0.05) is 0 Å².